The van der Waals surface area contributed by atoms with Gasteiger partial charge in [-0.2, -0.15) is 0 Å². The van der Waals surface area contributed by atoms with Crippen LogP contribution < -0.4 is 19.9 Å². The maximum Gasteiger partial charge on any atom is 0.328 e. The molecule has 1 aromatic rings. The topological polar surface area (TPSA) is 70.8 Å². The molecule has 0 aromatic heterocycles. The van der Waals surface area contributed by atoms with Gasteiger partial charge in [-0.05, 0) is 19.1 Å². The molecule has 0 amide bonds. The van der Waals surface area contributed by atoms with Gasteiger partial charge in [0.1, 0.15) is 25.0 Å². The zero-order valence-electron chi connectivity index (χ0n) is 8.93. The van der Waals surface area contributed by atoms with Crippen molar-refractivity contribution in [3.05, 3.63) is 18.2 Å². The molecule has 0 aliphatic carbocycles. The van der Waals surface area contributed by atoms with Crippen molar-refractivity contribution in [3.63, 3.8) is 0 Å². The van der Waals surface area contributed by atoms with Gasteiger partial charge in [-0.1, -0.05) is 0 Å². The largest absolute Gasteiger partial charge is 0.486 e. The van der Waals surface area contributed by atoms with Crippen molar-refractivity contribution in [2.75, 3.05) is 13.2 Å². The highest BCUT2D eigenvalue weighted by Crippen LogP contribution is 2.33. The van der Waals surface area contributed by atoms with Gasteiger partial charge in [0.2, 0.25) is 0 Å². The van der Waals surface area contributed by atoms with E-state index in [1.54, 1.807) is 25.1 Å². The third-order valence-electron chi connectivity index (χ3n) is 2.10. The van der Waals surface area contributed by atoms with Crippen molar-refractivity contribution in [1.29, 1.82) is 0 Å². The summed E-state index contributed by atoms with van der Waals surface area (Å²) in [5.41, 5.74) is 5.39. The van der Waals surface area contributed by atoms with Crippen molar-refractivity contribution in [1.82, 2.24) is 0 Å². The van der Waals surface area contributed by atoms with Crippen LogP contribution in [0.1, 0.15) is 6.92 Å². The van der Waals surface area contributed by atoms with E-state index >= 15 is 0 Å². The molecule has 1 aliphatic rings. The number of hydrogen-bond donors (Lipinski definition) is 1. The minimum absolute atomic E-state index is 0.409. The Bertz CT molecular complexity index is 403. The third kappa shape index (κ3) is 2.25. The van der Waals surface area contributed by atoms with E-state index in [1.807, 2.05) is 0 Å². The Labute approximate surface area is 93.1 Å². The molecule has 16 heavy (non-hydrogen) atoms. The number of hydrogen-bond acceptors (Lipinski definition) is 5. The van der Waals surface area contributed by atoms with E-state index < -0.39 is 12.0 Å². The standard InChI is InChI=1S/C11H13NO4/c1-7(12)11(13)16-8-2-3-9-10(6-8)15-5-4-14-9/h2-3,6-7H,4-5,12H2,1H3/t7-/m0/s1. The molecule has 0 saturated carbocycles. The van der Waals surface area contributed by atoms with Gasteiger partial charge in [0.25, 0.3) is 0 Å². The lowest BCUT2D eigenvalue weighted by Crippen LogP contribution is -2.30. The van der Waals surface area contributed by atoms with Crippen LogP contribution >= 0.6 is 0 Å². The highest BCUT2D eigenvalue weighted by Gasteiger charge is 2.15. The first kappa shape index (κ1) is 10.8. The summed E-state index contributed by atoms with van der Waals surface area (Å²) in [5, 5.41) is 0. The quantitative estimate of drug-likeness (QED) is 0.590. The van der Waals surface area contributed by atoms with Crippen LogP contribution in [0.25, 0.3) is 0 Å². The van der Waals surface area contributed by atoms with Gasteiger partial charge in [0.15, 0.2) is 11.5 Å². The number of carbonyl (C=O) groups is 1. The van der Waals surface area contributed by atoms with Crippen LogP contribution in [0.15, 0.2) is 18.2 Å². The molecule has 0 fully saturated rings. The second-order valence-electron chi connectivity index (χ2n) is 3.52. The minimum Gasteiger partial charge on any atom is -0.486 e. The van der Waals surface area contributed by atoms with Crippen LogP contribution in [0.2, 0.25) is 0 Å². The van der Waals surface area contributed by atoms with Crippen molar-refractivity contribution in [3.8, 4) is 17.2 Å². The van der Waals surface area contributed by atoms with Crippen molar-refractivity contribution in [2.24, 2.45) is 5.73 Å². The van der Waals surface area contributed by atoms with Crippen LogP contribution in [0.5, 0.6) is 17.2 Å². The first-order valence-electron chi connectivity index (χ1n) is 5.04. The van der Waals surface area contributed by atoms with Crippen LogP contribution in [-0.2, 0) is 4.79 Å². The minimum atomic E-state index is -0.645. The molecule has 0 spiro atoms. The molecule has 0 radical (unpaired) electrons. The summed E-state index contributed by atoms with van der Waals surface area (Å²) in [6, 6.07) is 4.33. The zero-order valence-corrected chi connectivity index (χ0v) is 8.93. The van der Waals surface area contributed by atoms with Crippen LogP contribution in [0.4, 0.5) is 0 Å². The summed E-state index contributed by atoms with van der Waals surface area (Å²) >= 11 is 0. The highest BCUT2D eigenvalue weighted by atomic mass is 16.6. The van der Waals surface area contributed by atoms with Gasteiger partial charge in [0.05, 0.1) is 0 Å². The Balaban J connectivity index is 2.14. The molecular formula is C11H13NO4. The molecule has 0 saturated heterocycles. The predicted molar refractivity (Wildman–Crippen MR) is 56.7 cm³/mol. The van der Waals surface area contributed by atoms with E-state index in [-0.39, 0.29) is 0 Å². The van der Waals surface area contributed by atoms with Gasteiger partial charge < -0.3 is 19.9 Å². The summed E-state index contributed by atoms with van der Waals surface area (Å²) < 4.78 is 15.7. The Morgan fingerprint density at radius 1 is 1.38 bits per heavy atom. The summed E-state index contributed by atoms with van der Waals surface area (Å²) in [4.78, 5) is 11.3. The zero-order chi connectivity index (χ0) is 11.5. The molecule has 2 N–H and O–H groups in total. The highest BCUT2D eigenvalue weighted by molar-refractivity contribution is 5.77. The molecule has 1 aliphatic heterocycles. The molecule has 0 unspecified atom stereocenters. The summed E-state index contributed by atoms with van der Waals surface area (Å²) in [7, 11) is 0. The number of esters is 1. The number of ether oxygens (including phenoxy) is 3. The van der Waals surface area contributed by atoms with Crippen molar-refractivity contribution in [2.45, 2.75) is 13.0 Å². The normalized spacial score (nSPS) is 15.4. The van der Waals surface area contributed by atoms with Crippen LogP contribution in [0.3, 0.4) is 0 Å². The number of carbonyl (C=O) groups excluding carboxylic acids is 1. The van der Waals surface area contributed by atoms with E-state index in [1.165, 1.54) is 0 Å². The third-order valence-corrected chi connectivity index (χ3v) is 2.10. The van der Waals surface area contributed by atoms with Gasteiger partial charge >= 0.3 is 5.97 Å². The number of nitrogens with two attached hydrogens (primary N) is 1. The summed E-state index contributed by atoms with van der Waals surface area (Å²) in [6.07, 6.45) is 0. The Morgan fingerprint density at radius 2 is 2.06 bits per heavy atom. The average Bonchev–Trinajstić information content (AvgIpc) is 2.28. The monoisotopic (exact) mass is 223 g/mol. The summed E-state index contributed by atoms with van der Waals surface area (Å²) in [5.74, 6) is 1.18. The van der Waals surface area contributed by atoms with E-state index in [2.05, 4.69) is 0 Å². The fourth-order valence-electron chi connectivity index (χ4n) is 1.30. The Hall–Kier alpha value is -1.75. The maximum absolute atomic E-state index is 11.3. The van der Waals surface area contributed by atoms with E-state index in [4.69, 9.17) is 19.9 Å². The molecule has 86 valence electrons. The molecule has 5 nitrogen and oxygen atoms in total. The molecule has 0 bridgehead atoms. The van der Waals surface area contributed by atoms with Gasteiger partial charge in [0, 0.05) is 6.07 Å². The predicted octanol–water partition coefficient (Wildman–Crippen LogP) is 0.710. The maximum atomic E-state index is 11.3. The lowest BCUT2D eigenvalue weighted by atomic mass is 10.3. The molecule has 1 aromatic carbocycles. The summed E-state index contributed by atoms with van der Waals surface area (Å²) in [6.45, 7) is 2.60. The van der Waals surface area contributed by atoms with E-state index in [9.17, 15) is 4.79 Å². The molecular weight excluding hydrogens is 210 g/mol. The van der Waals surface area contributed by atoms with Crippen molar-refractivity contribution < 1.29 is 19.0 Å². The second-order valence-corrected chi connectivity index (χ2v) is 3.52. The fraction of sp³-hybridized carbons (Fsp3) is 0.364. The first-order valence-corrected chi connectivity index (χ1v) is 5.04. The number of rotatable bonds is 2. The van der Waals surface area contributed by atoms with E-state index in [0.29, 0.717) is 30.5 Å². The second kappa shape index (κ2) is 4.40. The van der Waals surface area contributed by atoms with E-state index in [0.717, 1.165) is 0 Å². The lowest BCUT2D eigenvalue weighted by molar-refractivity contribution is -0.135. The Kier molecular flexibility index (Phi) is 2.96. The molecule has 1 heterocycles. The molecule has 2 rings (SSSR count). The first-order chi connectivity index (χ1) is 7.66. The van der Waals surface area contributed by atoms with Crippen LogP contribution in [-0.4, -0.2) is 25.2 Å². The average molecular weight is 223 g/mol. The smallest absolute Gasteiger partial charge is 0.328 e. The van der Waals surface area contributed by atoms with Gasteiger partial charge in [-0.15, -0.1) is 0 Å². The van der Waals surface area contributed by atoms with Gasteiger partial charge in [-0.25, -0.2) is 4.79 Å². The van der Waals surface area contributed by atoms with Gasteiger partial charge in [-0.3, -0.25) is 0 Å². The van der Waals surface area contributed by atoms with Crippen molar-refractivity contribution >= 4 is 5.97 Å². The Morgan fingerprint density at radius 3 is 2.75 bits per heavy atom. The number of fused-ring (bicyclic) bond motifs is 1. The molecule has 5 heteroatoms. The number of benzene rings is 1. The lowest BCUT2D eigenvalue weighted by Gasteiger charge is -2.18. The van der Waals surface area contributed by atoms with Crippen LogP contribution in [0, 0.1) is 0 Å². The molecule has 1 atom stereocenters. The SMILES string of the molecule is C[C@H](N)C(=O)Oc1ccc2c(c1)OCCO2. The fourth-order valence-corrected chi connectivity index (χ4v) is 1.30.